The van der Waals surface area contributed by atoms with Gasteiger partial charge in [-0.3, -0.25) is 0 Å². The molecule has 0 atom stereocenters. The van der Waals surface area contributed by atoms with Crippen molar-refractivity contribution < 1.29 is 13.6 Å². The SMILES string of the molecule is CC/C=C(\C=C(/OC)O[Si](C)(C)C)O[Si](C)(C)C. The Morgan fingerprint density at radius 1 is 0.944 bits per heavy atom. The predicted octanol–water partition coefficient (Wildman–Crippen LogP) is 4.47. The average Bonchev–Trinajstić information content (AvgIpc) is 2.12. The number of rotatable bonds is 7. The van der Waals surface area contributed by atoms with Gasteiger partial charge in [0.15, 0.2) is 0 Å². The Balaban J connectivity index is 4.96. The lowest BCUT2D eigenvalue weighted by Gasteiger charge is -2.23. The molecule has 0 saturated heterocycles. The molecule has 0 N–H and O–H groups in total. The molecule has 0 aromatic heterocycles. The minimum Gasteiger partial charge on any atom is -0.544 e. The van der Waals surface area contributed by atoms with Crippen molar-refractivity contribution in [3.8, 4) is 0 Å². The molecular formula is C13H28O3Si2. The second kappa shape index (κ2) is 7.04. The van der Waals surface area contributed by atoms with E-state index in [-0.39, 0.29) is 0 Å². The summed E-state index contributed by atoms with van der Waals surface area (Å²) in [6.07, 6.45) is 4.85. The Hall–Kier alpha value is -0.686. The van der Waals surface area contributed by atoms with Gasteiger partial charge in [-0.15, -0.1) is 0 Å². The quantitative estimate of drug-likeness (QED) is 0.393. The first-order chi connectivity index (χ1) is 8.07. The number of hydrogen-bond donors (Lipinski definition) is 0. The minimum atomic E-state index is -1.65. The van der Waals surface area contributed by atoms with Crippen LogP contribution in [0.3, 0.4) is 0 Å². The third kappa shape index (κ3) is 9.35. The summed E-state index contributed by atoms with van der Waals surface area (Å²) in [4.78, 5) is 0. The molecule has 0 radical (unpaired) electrons. The van der Waals surface area contributed by atoms with Crippen LogP contribution in [-0.2, 0) is 13.6 Å². The third-order valence-corrected chi connectivity index (χ3v) is 3.36. The van der Waals surface area contributed by atoms with E-state index in [2.05, 4.69) is 52.3 Å². The Bertz CT molecular complexity index is 309. The van der Waals surface area contributed by atoms with Gasteiger partial charge in [-0.25, -0.2) is 0 Å². The van der Waals surface area contributed by atoms with Gasteiger partial charge >= 0.3 is 0 Å². The van der Waals surface area contributed by atoms with Crippen LogP contribution in [0.25, 0.3) is 0 Å². The molecule has 0 aliphatic heterocycles. The Morgan fingerprint density at radius 2 is 1.44 bits per heavy atom. The van der Waals surface area contributed by atoms with Gasteiger partial charge in [0.05, 0.1) is 13.2 Å². The molecule has 0 amide bonds. The first-order valence-electron chi connectivity index (χ1n) is 6.41. The van der Waals surface area contributed by atoms with Crippen LogP contribution in [0.2, 0.25) is 39.3 Å². The van der Waals surface area contributed by atoms with Crippen molar-refractivity contribution in [2.24, 2.45) is 0 Å². The molecule has 0 rings (SSSR count). The number of allylic oxidation sites excluding steroid dienone is 2. The second-order valence-corrected chi connectivity index (χ2v) is 15.0. The topological polar surface area (TPSA) is 27.7 Å². The van der Waals surface area contributed by atoms with Gasteiger partial charge in [0, 0.05) is 0 Å². The fourth-order valence-corrected chi connectivity index (χ4v) is 2.83. The lowest BCUT2D eigenvalue weighted by atomic mass is 10.4. The van der Waals surface area contributed by atoms with Crippen LogP contribution >= 0.6 is 0 Å². The molecular weight excluding hydrogens is 260 g/mol. The Kier molecular flexibility index (Phi) is 6.77. The van der Waals surface area contributed by atoms with Gasteiger partial charge in [-0.05, 0) is 51.8 Å². The van der Waals surface area contributed by atoms with E-state index in [1.165, 1.54) is 0 Å². The second-order valence-electron chi connectivity index (χ2n) is 6.11. The first-order valence-corrected chi connectivity index (χ1v) is 13.2. The van der Waals surface area contributed by atoms with Crippen molar-refractivity contribution in [1.29, 1.82) is 0 Å². The van der Waals surface area contributed by atoms with Gasteiger partial charge in [-0.1, -0.05) is 6.92 Å². The highest BCUT2D eigenvalue weighted by molar-refractivity contribution is 6.70. The molecule has 0 heterocycles. The summed E-state index contributed by atoms with van der Waals surface area (Å²) in [6.45, 7) is 15.0. The summed E-state index contributed by atoms with van der Waals surface area (Å²) in [5.41, 5.74) is 0. The van der Waals surface area contributed by atoms with Gasteiger partial charge < -0.3 is 13.6 Å². The highest BCUT2D eigenvalue weighted by Gasteiger charge is 2.20. The maximum absolute atomic E-state index is 6.00. The molecule has 106 valence electrons. The van der Waals surface area contributed by atoms with E-state index in [0.717, 1.165) is 12.2 Å². The maximum Gasteiger partial charge on any atom is 0.268 e. The lowest BCUT2D eigenvalue weighted by molar-refractivity contribution is 0.145. The van der Waals surface area contributed by atoms with Crippen LogP contribution in [0.1, 0.15) is 13.3 Å². The molecule has 0 fully saturated rings. The van der Waals surface area contributed by atoms with Crippen LogP contribution in [0.4, 0.5) is 0 Å². The maximum atomic E-state index is 6.00. The van der Waals surface area contributed by atoms with Crippen LogP contribution in [0.15, 0.2) is 23.9 Å². The Morgan fingerprint density at radius 3 is 1.78 bits per heavy atom. The number of methoxy groups -OCH3 is 1. The fraction of sp³-hybridized carbons (Fsp3) is 0.692. The highest BCUT2D eigenvalue weighted by Crippen LogP contribution is 2.17. The van der Waals surface area contributed by atoms with Crippen molar-refractivity contribution in [3.05, 3.63) is 23.9 Å². The molecule has 3 nitrogen and oxygen atoms in total. The molecule has 0 unspecified atom stereocenters. The van der Waals surface area contributed by atoms with E-state index in [1.807, 2.05) is 6.08 Å². The number of ether oxygens (including phenoxy) is 1. The van der Waals surface area contributed by atoms with Gasteiger partial charge in [0.2, 0.25) is 16.6 Å². The molecule has 0 aliphatic rings. The molecule has 0 saturated carbocycles. The van der Waals surface area contributed by atoms with Gasteiger partial charge in [0.25, 0.3) is 5.95 Å². The van der Waals surface area contributed by atoms with Crippen molar-refractivity contribution in [1.82, 2.24) is 0 Å². The fourth-order valence-electron chi connectivity index (χ4n) is 1.23. The van der Waals surface area contributed by atoms with Crippen molar-refractivity contribution in [2.45, 2.75) is 52.6 Å². The van der Waals surface area contributed by atoms with Crippen LogP contribution < -0.4 is 0 Å². The number of hydrogen-bond acceptors (Lipinski definition) is 3. The van der Waals surface area contributed by atoms with Gasteiger partial charge in [0.1, 0.15) is 5.76 Å². The summed E-state index contributed by atoms with van der Waals surface area (Å²) in [5.74, 6) is 1.40. The van der Waals surface area contributed by atoms with E-state index < -0.39 is 16.6 Å². The minimum absolute atomic E-state index is 0.548. The first kappa shape index (κ1) is 17.3. The Labute approximate surface area is 114 Å². The predicted molar refractivity (Wildman–Crippen MR) is 82.3 cm³/mol. The van der Waals surface area contributed by atoms with E-state index in [4.69, 9.17) is 13.6 Å². The molecule has 0 aliphatic carbocycles. The molecule has 0 spiro atoms. The summed E-state index contributed by atoms with van der Waals surface area (Å²) in [7, 11) is -1.63. The monoisotopic (exact) mass is 288 g/mol. The van der Waals surface area contributed by atoms with E-state index in [9.17, 15) is 0 Å². The largest absolute Gasteiger partial charge is 0.544 e. The smallest absolute Gasteiger partial charge is 0.268 e. The molecule has 0 bridgehead atoms. The summed E-state index contributed by atoms with van der Waals surface area (Å²) < 4.78 is 17.1. The standard InChI is InChI=1S/C13H28O3Si2/c1-9-10-12(15-17(3,4)5)11-13(14-2)16-18(6,7)8/h10-11H,9H2,1-8H3/b12-10+,13-11+. The van der Waals surface area contributed by atoms with E-state index in [1.54, 1.807) is 7.11 Å². The molecule has 5 heteroatoms. The van der Waals surface area contributed by atoms with E-state index in [0.29, 0.717) is 5.95 Å². The van der Waals surface area contributed by atoms with Crippen molar-refractivity contribution >= 4 is 16.6 Å². The summed E-state index contributed by atoms with van der Waals surface area (Å²) in [6, 6.07) is 0. The molecule has 0 aromatic carbocycles. The summed E-state index contributed by atoms with van der Waals surface area (Å²) >= 11 is 0. The van der Waals surface area contributed by atoms with Crippen LogP contribution in [0.5, 0.6) is 0 Å². The zero-order valence-corrected chi connectivity index (χ0v) is 15.1. The average molecular weight is 289 g/mol. The van der Waals surface area contributed by atoms with Crippen LogP contribution in [0, 0.1) is 0 Å². The van der Waals surface area contributed by atoms with Crippen molar-refractivity contribution in [2.75, 3.05) is 7.11 Å². The summed E-state index contributed by atoms with van der Waals surface area (Å²) in [5, 5.41) is 0. The zero-order chi connectivity index (χ0) is 14.4. The zero-order valence-electron chi connectivity index (χ0n) is 13.1. The lowest BCUT2D eigenvalue weighted by Crippen LogP contribution is -2.26. The molecule has 0 aromatic rings. The van der Waals surface area contributed by atoms with Crippen molar-refractivity contribution in [3.63, 3.8) is 0 Å². The normalized spacial score (nSPS) is 14.4. The van der Waals surface area contributed by atoms with Crippen LogP contribution in [-0.4, -0.2) is 23.7 Å². The third-order valence-electron chi connectivity index (χ3n) is 1.70. The van der Waals surface area contributed by atoms with E-state index >= 15 is 0 Å². The highest BCUT2D eigenvalue weighted by atomic mass is 28.4. The van der Waals surface area contributed by atoms with Gasteiger partial charge in [-0.2, -0.15) is 0 Å². The molecule has 18 heavy (non-hydrogen) atoms.